The van der Waals surface area contributed by atoms with E-state index in [9.17, 15) is 18.0 Å². The fourth-order valence-corrected chi connectivity index (χ4v) is 2.92. The first-order valence-electron chi connectivity index (χ1n) is 9.78. The van der Waals surface area contributed by atoms with Crippen molar-refractivity contribution in [2.75, 3.05) is 11.9 Å². The van der Waals surface area contributed by atoms with Crippen molar-refractivity contribution in [2.45, 2.75) is 46.7 Å². The second-order valence-corrected chi connectivity index (χ2v) is 8.12. The number of carbonyl (C=O) groups is 1. The Morgan fingerprint density at radius 3 is 2.47 bits per heavy atom. The van der Waals surface area contributed by atoms with E-state index < -0.39 is 17.2 Å². The summed E-state index contributed by atoms with van der Waals surface area (Å²) in [6.45, 7) is 11.2. The second-order valence-electron chi connectivity index (χ2n) is 8.12. The van der Waals surface area contributed by atoms with Crippen LogP contribution in [0, 0.1) is 19.3 Å². The van der Waals surface area contributed by atoms with Crippen molar-refractivity contribution in [3.8, 4) is 5.75 Å². The highest BCUT2D eigenvalue weighted by Crippen LogP contribution is 2.33. The number of ether oxygens (including phenoxy) is 1. The minimum atomic E-state index is -4.52. The molecule has 162 valence electrons. The van der Waals surface area contributed by atoms with Crippen LogP contribution in [0.5, 0.6) is 5.75 Å². The Balaban J connectivity index is 1.93. The van der Waals surface area contributed by atoms with Crippen molar-refractivity contribution < 1.29 is 22.7 Å². The van der Waals surface area contributed by atoms with Crippen LogP contribution in [0.15, 0.2) is 49.0 Å². The summed E-state index contributed by atoms with van der Waals surface area (Å²) in [6.07, 6.45) is -3.28. The fourth-order valence-electron chi connectivity index (χ4n) is 2.92. The van der Waals surface area contributed by atoms with Crippen molar-refractivity contribution in [3.05, 3.63) is 65.7 Å². The zero-order valence-electron chi connectivity index (χ0n) is 17.8. The number of hydrogen-bond donors (Lipinski definition) is 1. The van der Waals surface area contributed by atoms with E-state index in [4.69, 9.17) is 4.74 Å². The molecule has 0 spiro atoms. The molecular weight excluding hydrogens is 391 g/mol. The number of benzene rings is 2. The summed E-state index contributed by atoms with van der Waals surface area (Å²) >= 11 is 0. The molecule has 0 aliphatic heterocycles. The van der Waals surface area contributed by atoms with Crippen LogP contribution in [0.2, 0.25) is 0 Å². The summed E-state index contributed by atoms with van der Waals surface area (Å²) in [7, 11) is 0. The Bertz CT molecular complexity index is 917. The Labute approximate surface area is 175 Å². The second kappa shape index (κ2) is 9.37. The summed E-state index contributed by atoms with van der Waals surface area (Å²) in [5, 5.41) is 2.72. The average Bonchev–Trinajstić information content (AvgIpc) is 2.66. The van der Waals surface area contributed by atoms with Gasteiger partial charge < -0.3 is 10.1 Å². The Morgan fingerprint density at radius 2 is 1.80 bits per heavy atom. The highest BCUT2D eigenvalue weighted by Gasteiger charge is 2.33. The van der Waals surface area contributed by atoms with Gasteiger partial charge in [0.1, 0.15) is 5.75 Å². The number of aryl methyl sites for hydroxylation is 2. The SMILES string of the molecule is C=C(c1cccc(NC(=O)C(C)(C)CCCOc2cc(C)ccc2C)c1)C(F)(F)F. The highest BCUT2D eigenvalue weighted by atomic mass is 19.4. The van der Waals surface area contributed by atoms with Crippen LogP contribution in [-0.2, 0) is 4.79 Å². The van der Waals surface area contributed by atoms with Crippen LogP contribution >= 0.6 is 0 Å². The van der Waals surface area contributed by atoms with Gasteiger partial charge in [0.15, 0.2) is 0 Å². The van der Waals surface area contributed by atoms with Crippen molar-refractivity contribution in [3.63, 3.8) is 0 Å². The predicted molar refractivity (Wildman–Crippen MR) is 115 cm³/mol. The maximum atomic E-state index is 12.9. The maximum absolute atomic E-state index is 12.9. The molecule has 1 amide bonds. The van der Waals surface area contributed by atoms with E-state index in [0.717, 1.165) is 16.9 Å². The lowest BCUT2D eigenvalue weighted by molar-refractivity contribution is -0.124. The van der Waals surface area contributed by atoms with Crippen molar-refractivity contribution in [1.29, 1.82) is 0 Å². The molecule has 3 nitrogen and oxygen atoms in total. The number of alkyl halides is 3. The van der Waals surface area contributed by atoms with Crippen LogP contribution in [0.4, 0.5) is 18.9 Å². The molecule has 30 heavy (non-hydrogen) atoms. The Morgan fingerprint density at radius 1 is 1.10 bits per heavy atom. The molecule has 0 aliphatic rings. The summed E-state index contributed by atoms with van der Waals surface area (Å²) in [5.74, 6) is 0.572. The molecule has 0 atom stereocenters. The zero-order valence-corrected chi connectivity index (χ0v) is 17.8. The van der Waals surface area contributed by atoms with Gasteiger partial charge in [0.2, 0.25) is 5.91 Å². The van der Waals surface area contributed by atoms with Gasteiger partial charge in [-0.3, -0.25) is 4.79 Å². The van der Waals surface area contributed by atoms with E-state index in [0.29, 0.717) is 25.1 Å². The molecule has 1 N–H and O–H groups in total. The largest absolute Gasteiger partial charge is 0.493 e. The smallest absolute Gasteiger partial charge is 0.416 e. The number of amides is 1. The molecule has 0 fully saturated rings. The Hall–Kier alpha value is -2.76. The molecule has 6 heteroatoms. The lowest BCUT2D eigenvalue weighted by atomic mass is 9.86. The van der Waals surface area contributed by atoms with Crippen LogP contribution in [0.25, 0.3) is 5.57 Å². The van der Waals surface area contributed by atoms with E-state index in [-0.39, 0.29) is 11.5 Å². The molecule has 0 heterocycles. The van der Waals surface area contributed by atoms with Gasteiger partial charge in [-0.1, -0.05) is 44.7 Å². The van der Waals surface area contributed by atoms with E-state index >= 15 is 0 Å². The Kier molecular flexibility index (Phi) is 7.34. The molecule has 0 saturated heterocycles. The van der Waals surface area contributed by atoms with Crippen LogP contribution in [-0.4, -0.2) is 18.7 Å². The number of hydrogen-bond acceptors (Lipinski definition) is 2. The van der Waals surface area contributed by atoms with Gasteiger partial charge in [-0.2, -0.15) is 13.2 Å². The van der Waals surface area contributed by atoms with Gasteiger partial charge in [0.05, 0.1) is 12.2 Å². The third-order valence-corrected chi connectivity index (χ3v) is 4.97. The van der Waals surface area contributed by atoms with Gasteiger partial charge in [0, 0.05) is 11.1 Å². The molecular formula is C24H28F3NO2. The first kappa shape index (κ1) is 23.5. The predicted octanol–water partition coefficient (Wildman–Crippen LogP) is 6.70. The lowest BCUT2D eigenvalue weighted by Gasteiger charge is -2.24. The minimum absolute atomic E-state index is 0.0694. The normalized spacial score (nSPS) is 11.8. The van der Waals surface area contributed by atoms with Crippen molar-refractivity contribution >= 4 is 17.2 Å². The number of rotatable bonds is 8. The average molecular weight is 419 g/mol. The molecule has 2 aromatic carbocycles. The lowest BCUT2D eigenvalue weighted by Crippen LogP contribution is -2.31. The molecule has 0 aromatic heterocycles. The van der Waals surface area contributed by atoms with Gasteiger partial charge >= 0.3 is 6.18 Å². The third kappa shape index (κ3) is 6.37. The fraction of sp³-hybridized carbons (Fsp3) is 0.375. The number of halogens is 3. The van der Waals surface area contributed by atoms with Crippen LogP contribution in [0.3, 0.4) is 0 Å². The maximum Gasteiger partial charge on any atom is 0.416 e. The molecule has 0 aliphatic carbocycles. The quantitative estimate of drug-likeness (QED) is 0.483. The van der Waals surface area contributed by atoms with Crippen molar-refractivity contribution in [1.82, 2.24) is 0 Å². The van der Waals surface area contributed by atoms with E-state index in [1.807, 2.05) is 32.0 Å². The zero-order chi connectivity index (χ0) is 22.5. The number of anilines is 1. The highest BCUT2D eigenvalue weighted by molar-refractivity contribution is 5.95. The molecule has 0 radical (unpaired) electrons. The van der Waals surface area contributed by atoms with E-state index in [1.165, 1.54) is 18.2 Å². The molecule has 0 bridgehead atoms. The van der Waals surface area contributed by atoms with Crippen molar-refractivity contribution in [2.24, 2.45) is 5.41 Å². The number of allylic oxidation sites excluding steroid dienone is 1. The van der Waals surface area contributed by atoms with E-state index in [2.05, 4.69) is 11.9 Å². The van der Waals surface area contributed by atoms with E-state index in [1.54, 1.807) is 19.9 Å². The monoisotopic (exact) mass is 419 g/mol. The molecule has 0 saturated carbocycles. The first-order valence-corrected chi connectivity index (χ1v) is 9.78. The molecule has 0 unspecified atom stereocenters. The van der Waals surface area contributed by atoms with Crippen LogP contribution in [0.1, 0.15) is 43.4 Å². The number of nitrogens with one attached hydrogen (secondary N) is 1. The number of carbonyl (C=O) groups excluding carboxylic acids is 1. The van der Waals surface area contributed by atoms with Gasteiger partial charge in [-0.15, -0.1) is 0 Å². The van der Waals surface area contributed by atoms with Gasteiger partial charge in [-0.25, -0.2) is 0 Å². The topological polar surface area (TPSA) is 38.3 Å². The van der Waals surface area contributed by atoms with Gasteiger partial charge in [-0.05, 0) is 61.6 Å². The summed E-state index contributed by atoms with van der Waals surface area (Å²) in [6, 6.07) is 11.6. The molecule has 2 rings (SSSR count). The third-order valence-electron chi connectivity index (χ3n) is 4.97. The van der Waals surface area contributed by atoms with Gasteiger partial charge in [0.25, 0.3) is 0 Å². The first-order chi connectivity index (χ1) is 13.9. The molecule has 2 aromatic rings. The minimum Gasteiger partial charge on any atom is -0.493 e. The summed E-state index contributed by atoms with van der Waals surface area (Å²) in [4.78, 5) is 12.7. The summed E-state index contributed by atoms with van der Waals surface area (Å²) < 4.78 is 44.4. The van der Waals surface area contributed by atoms with Crippen LogP contribution < -0.4 is 10.1 Å². The standard InChI is InChI=1S/C24H28F3NO2/c1-16-10-11-17(2)21(14-16)30-13-7-12-23(4,5)22(29)28-20-9-6-8-19(15-20)18(3)24(25,26)27/h6,8-11,14-15H,3,7,12-13H2,1-2,4-5H3,(H,28,29). The summed E-state index contributed by atoms with van der Waals surface area (Å²) in [5.41, 5.74) is 0.759.